The molecule has 8 nitrogen and oxygen atoms in total. The number of carboxylic acid groups (broad SMARTS) is 1. The van der Waals surface area contributed by atoms with Crippen molar-refractivity contribution >= 4 is 42.0 Å². The number of aromatic amines is 1. The molecule has 6 aromatic rings. The monoisotopic (exact) mass is 719 g/mol. The van der Waals surface area contributed by atoms with Gasteiger partial charge < -0.3 is 14.7 Å². The fourth-order valence-electron chi connectivity index (χ4n) is 7.13. The van der Waals surface area contributed by atoms with Gasteiger partial charge in [0.1, 0.15) is 11.2 Å². The van der Waals surface area contributed by atoms with Crippen LogP contribution in [0.2, 0.25) is 0 Å². The van der Waals surface area contributed by atoms with E-state index in [1.54, 1.807) is 25.3 Å². The summed E-state index contributed by atoms with van der Waals surface area (Å²) < 4.78 is 7.27. The van der Waals surface area contributed by atoms with E-state index in [4.69, 9.17) is 17.0 Å². The second-order valence-electron chi connectivity index (χ2n) is 12.8. The van der Waals surface area contributed by atoms with Crippen LogP contribution in [-0.4, -0.2) is 39.7 Å². The van der Waals surface area contributed by atoms with Gasteiger partial charge in [-0.15, -0.1) is 0 Å². The number of nitrogens with one attached hydrogen (secondary N) is 1. The summed E-state index contributed by atoms with van der Waals surface area (Å²) in [6.45, 7) is 1.83. The third-order valence-corrected chi connectivity index (χ3v) is 9.80. The largest absolute Gasteiger partial charge is 0.478 e. The van der Waals surface area contributed by atoms with E-state index in [0.29, 0.717) is 15.9 Å². The number of hydrogen-bond acceptors (Lipinski definition) is 6. The number of H-pyrrole nitrogens is 1. The van der Waals surface area contributed by atoms with Gasteiger partial charge in [0, 0.05) is 23.4 Å². The second kappa shape index (κ2) is 15.5. The number of carboxylic acids is 1. The molecule has 9 heteroatoms. The summed E-state index contributed by atoms with van der Waals surface area (Å²) in [5, 5.41) is 10.3. The maximum Gasteiger partial charge on any atom is 0.335 e. The molecule has 1 aliphatic carbocycles. The first-order chi connectivity index (χ1) is 25.8. The molecule has 0 aliphatic heterocycles. The van der Waals surface area contributed by atoms with E-state index in [0.717, 1.165) is 38.9 Å². The van der Waals surface area contributed by atoms with E-state index in [1.165, 1.54) is 4.57 Å². The number of benzene rings is 5. The second-order valence-corrected chi connectivity index (χ2v) is 13.3. The van der Waals surface area contributed by atoms with Gasteiger partial charge in [-0.2, -0.15) is 0 Å². The van der Waals surface area contributed by atoms with Crippen molar-refractivity contribution in [3.05, 3.63) is 199 Å². The van der Waals surface area contributed by atoms with Crippen molar-refractivity contribution in [2.75, 3.05) is 18.1 Å². The number of carbonyl (C=O) groups excluding carboxylic acids is 1. The van der Waals surface area contributed by atoms with Crippen LogP contribution in [0, 0.1) is 4.64 Å². The van der Waals surface area contributed by atoms with Gasteiger partial charge in [0.05, 0.1) is 24.8 Å². The van der Waals surface area contributed by atoms with Gasteiger partial charge >= 0.3 is 17.6 Å². The zero-order valence-corrected chi connectivity index (χ0v) is 29.8. The Morgan fingerprint density at radius 1 is 0.811 bits per heavy atom. The Kier molecular flexibility index (Phi) is 10.3. The van der Waals surface area contributed by atoms with E-state index < -0.39 is 23.7 Å². The molecule has 264 valence electrons. The van der Waals surface area contributed by atoms with Gasteiger partial charge in [-0.1, -0.05) is 134 Å². The predicted octanol–water partition coefficient (Wildman–Crippen LogP) is 8.48. The molecule has 5 aromatic carbocycles. The summed E-state index contributed by atoms with van der Waals surface area (Å²) in [4.78, 5) is 44.2. The van der Waals surface area contributed by atoms with Crippen molar-refractivity contribution in [2.45, 2.75) is 25.4 Å². The summed E-state index contributed by atoms with van der Waals surface area (Å²) in [6, 6.07) is 40.2. The van der Waals surface area contributed by atoms with Crippen LogP contribution in [0.5, 0.6) is 0 Å². The molecule has 1 aliphatic rings. The van der Waals surface area contributed by atoms with Crippen LogP contribution < -0.4 is 10.6 Å². The van der Waals surface area contributed by atoms with Crippen molar-refractivity contribution < 1.29 is 19.4 Å². The molecule has 7 rings (SSSR count). The molecule has 0 atom stereocenters. The lowest BCUT2D eigenvalue weighted by Gasteiger charge is -2.34. The smallest absolute Gasteiger partial charge is 0.335 e. The lowest BCUT2D eigenvalue weighted by molar-refractivity contribution is -0.141. The van der Waals surface area contributed by atoms with Crippen LogP contribution in [0.3, 0.4) is 0 Å². The molecule has 2 N–H and O–H groups in total. The molecular formula is C44H37N3O5S. The SMILES string of the molecule is CCOC(=O)CN(c1cc(Cn2cc(C3c4ccccc4C=Cc4ccccc43)c(=S)[nH]c2=O)cc(C(=O)O)c1)C(c1ccccc1)c1ccccc1. The first-order valence-corrected chi connectivity index (χ1v) is 17.8. The van der Waals surface area contributed by atoms with Crippen LogP contribution in [-0.2, 0) is 16.1 Å². The average Bonchev–Trinajstić information content (AvgIpc) is 3.33. The van der Waals surface area contributed by atoms with Gasteiger partial charge in [0.2, 0.25) is 0 Å². The number of aromatic nitrogens is 2. The standard InChI is InChI=1S/C44H37N3O5S/c1-2-52-39(48)28-47(41(32-15-5-3-6-16-32)33-17-7-4-8-18-33)35-24-29(23-34(25-35)43(49)50)26-46-27-38(42(53)45-44(46)51)40-36-19-11-9-13-30(36)21-22-31-14-10-12-20-37(31)40/h3-25,27,40-41H,2,26,28H2,1H3,(H,49,50)(H,45,51,53). The Morgan fingerprint density at radius 2 is 1.38 bits per heavy atom. The van der Waals surface area contributed by atoms with E-state index in [9.17, 15) is 19.5 Å². The number of esters is 1. The maximum atomic E-state index is 13.6. The summed E-state index contributed by atoms with van der Waals surface area (Å²) >= 11 is 5.82. The van der Waals surface area contributed by atoms with Gasteiger partial charge in [-0.3, -0.25) is 14.3 Å². The van der Waals surface area contributed by atoms with Gasteiger partial charge in [0.15, 0.2) is 0 Å². The first kappa shape index (κ1) is 35.1. The van der Waals surface area contributed by atoms with E-state index in [1.807, 2.05) is 95.9 Å². The highest BCUT2D eigenvalue weighted by atomic mass is 32.1. The van der Waals surface area contributed by atoms with Crippen LogP contribution in [0.25, 0.3) is 12.2 Å². The van der Waals surface area contributed by atoms with Crippen molar-refractivity contribution in [1.29, 1.82) is 0 Å². The highest BCUT2D eigenvalue weighted by Gasteiger charge is 2.28. The molecule has 0 saturated carbocycles. The Labute approximate surface area is 312 Å². The van der Waals surface area contributed by atoms with E-state index in [2.05, 4.69) is 41.4 Å². The molecule has 1 aromatic heterocycles. The summed E-state index contributed by atoms with van der Waals surface area (Å²) in [6.07, 6.45) is 5.97. The number of hydrogen-bond donors (Lipinski definition) is 2. The topological polar surface area (TPSA) is 105 Å². The lowest BCUT2D eigenvalue weighted by atomic mass is 9.83. The summed E-state index contributed by atoms with van der Waals surface area (Å²) in [5.74, 6) is -1.87. The molecule has 0 radical (unpaired) electrons. The number of rotatable bonds is 11. The molecule has 0 saturated heterocycles. The molecule has 0 spiro atoms. The predicted molar refractivity (Wildman–Crippen MR) is 210 cm³/mol. The first-order valence-electron chi connectivity index (χ1n) is 17.4. The van der Waals surface area contributed by atoms with Gasteiger partial charge in [-0.25, -0.2) is 9.59 Å². The van der Waals surface area contributed by atoms with Crippen LogP contribution in [0.1, 0.15) is 73.7 Å². The molecule has 0 bridgehead atoms. The fourth-order valence-corrected chi connectivity index (χ4v) is 7.39. The molecule has 0 amide bonds. The van der Waals surface area contributed by atoms with Crippen molar-refractivity contribution in [3.8, 4) is 0 Å². The molecule has 1 heterocycles. The van der Waals surface area contributed by atoms with Crippen LogP contribution in [0.15, 0.2) is 138 Å². The third-order valence-electron chi connectivity index (χ3n) is 9.46. The Balaban J connectivity index is 1.36. The quantitative estimate of drug-likeness (QED) is 0.102. The Bertz CT molecular complexity index is 2350. The number of carbonyl (C=O) groups is 2. The van der Waals surface area contributed by atoms with Crippen LogP contribution in [0.4, 0.5) is 5.69 Å². The minimum atomic E-state index is -1.14. The van der Waals surface area contributed by atoms with E-state index >= 15 is 0 Å². The highest BCUT2D eigenvalue weighted by Crippen LogP contribution is 2.39. The van der Waals surface area contributed by atoms with E-state index in [-0.39, 0.29) is 31.2 Å². The zero-order chi connectivity index (χ0) is 36.9. The third kappa shape index (κ3) is 7.52. The van der Waals surface area contributed by atoms with Crippen LogP contribution >= 0.6 is 12.2 Å². The van der Waals surface area contributed by atoms with Gasteiger partial charge in [0.25, 0.3) is 0 Å². The summed E-state index contributed by atoms with van der Waals surface area (Å²) in [5.41, 5.74) is 7.38. The number of ether oxygens (including phenoxy) is 1. The Morgan fingerprint density at radius 3 is 1.94 bits per heavy atom. The highest BCUT2D eigenvalue weighted by molar-refractivity contribution is 7.71. The van der Waals surface area contributed by atoms with Crippen molar-refractivity contribution in [3.63, 3.8) is 0 Å². The average molecular weight is 720 g/mol. The number of fused-ring (bicyclic) bond motifs is 2. The number of aromatic carboxylic acids is 1. The fraction of sp³-hybridized carbons (Fsp3) is 0.136. The molecule has 0 unspecified atom stereocenters. The molecule has 0 fully saturated rings. The lowest BCUT2D eigenvalue weighted by Crippen LogP contribution is -2.35. The number of nitrogens with zero attached hydrogens (tertiary/aromatic N) is 2. The molecular weight excluding hydrogens is 683 g/mol. The zero-order valence-electron chi connectivity index (χ0n) is 29.0. The van der Waals surface area contributed by atoms with Gasteiger partial charge in [-0.05, 0) is 64.1 Å². The van der Waals surface area contributed by atoms with Crippen molar-refractivity contribution in [1.82, 2.24) is 9.55 Å². The minimum absolute atomic E-state index is 0.0149. The maximum absolute atomic E-state index is 13.6. The summed E-state index contributed by atoms with van der Waals surface area (Å²) in [7, 11) is 0. The number of anilines is 1. The molecule has 53 heavy (non-hydrogen) atoms. The normalized spacial score (nSPS) is 12.1. The minimum Gasteiger partial charge on any atom is -0.478 e. The van der Waals surface area contributed by atoms with Crippen molar-refractivity contribution in [2.24, 2.45) is 0 Å². The Hall–Kier alpha value is -6.32.